The summed E-state index contributed by atoms with van der Waals surface area (Å²) in [5, 5.41) is 11.6. The summed E-state index contributed by atoms with van der Waals surface area (Å²) in [6.07, 6.45) is 3.78. The van der Waals surface area contributed by atoms with Crippen LogP contribution in [0.25, 0.3) is 0 Å². The van der Waals surface area contributed by atoms with E-state index in [2.05, 4.69) is 19.9 Å². The van der Waals surface area contributed by atoms with E-state index < -0.39 is 5.60 Å². The maximum atomic E-state index is 11.6. The van der Waals surface area contributed by atoms with Crippen molar-refractivity contribution in [1.29, 1.82) is 0 Å². The SMILES string of the molecule is CC1CCC(O)(C2(CN)CCOc3ccccc32)C(C)C1. The van der Waals surface area contributed by atoms with Gasteiger partial charge in [0.2, 0.25) is 0 Å². The molecule has 21 heavy (non-hydrogen) atoms. The molecule has 4 atom stereocenters. The fraction of sp³-hybridized carbons (Fsp3) is 0.667. The van der Waals surface area contributed by atoms with E-state index in [1.54, 1.807) is 0 Å². The first-order valence-corrected chi connectivity index (χ1v) is 8.18. The lowest BCUT2D eigenvalue weighted by Gasteiger charge is -2.55. The molecule has 116 valence electrons. The van der Waals surface area contributed by atoms with Crippen LogP contribution in [0.1, 0.15) is 45.1 Å². The van der Waals surface area contributed by atoms with E-state index in [9.17, 15) is 5.11 Å². The van der Waals surface area contributed by atoms with Gasteiger partial charge >= 0.3 is 0 Å². The Kier molecular flexibility index (Phi) is 3.74. The molecule has 4 unspecified atom stereocenters. The summed E-state index contributed by atoms with van der Waals surface area (Å²) < 4.78 is 5.81. The van der Waals surface area contributed by atoms with E-state index in [4.69, 9.17) is 10.5 Å². The minimum Gasteiger partial charge on any atom is -0.493 e. The van der Waals surface area contributed by atoms with Gasteiger partial charge in [-0.25, -0.2) is 0 Å². The fourth-order valence-electron chi connectivity index (χ4n) is 4.64. The van der Waals surface area contributed by atoms with Crippen LogP contribution < -0.4 is 10.5 Å². The molecule has 0 bridgehead atoms. The van der Waals surface area contributed by atoms with Gasteiger partial charge in [0.1, 0.15) is 5.75 Å². The summed E-state index contributed by atoms with van der Waals surface area (Å²) in [4.78, 5) is 0. The molecule has 0 aromatic heterocycles. The van der Waals surface area contributed by atoms with Crippen molar-refractivity contribution in [3.63, 3.8) is 0 Å². The molecule has 1 aromatic rings. The number of rotatable bonds is 2. The second-order valence-corrected chi connectivity index (χ2v) is 7.09. The van der Waals surface area contributed by atoms with Crippen LogP contribution in [0.5, 0.6) is 5.75 Å². The van der Waals surface area contributed by atoms with Crippen molar-refractivity contribution in [1.82, 2.24) is 0 Å². The number of para-hydroxylation sites is 1. The maximum absolute atomic E-state index is 11.6. The molecule has 0 amide bonds. The average Bonchev–Trinajstić information content (AvgIpc) is 2.50. The largest absolute Gasteiger partial charge is 0.493 e. The topological polar surface area (TPSA) is 55.5 Å². The molecule has 1 fully saturated rings. The second kappa shape index (κ2) is 5.29. The predicted octanol–water partition coefficient (Wildman–Crippen LogP) is 2.85. The Balaban J connectivity index is 2.09. The molecule has 3 rings (SSSR count). The van der Waals surface area contributed by atoms with Crippen molar-refractivity contribution in [3.8, 4) is 5.75 Å². The van der Waals surface area contributed by atoms with Gasteiger partial charge in [-0.05, 0) is 43.6 Å². The summed E-state index contributed by atoms with van der Waals surface area (Å²) in [5.74, 6) is 1.84. The molecule has 1 aliphatic heterocycles. The summed E-state index contributed by atoms with van der Waals surface area (Å²) in [6, 6.07) is 8.10. The number of nitrogens with two attached hydrogens (primary N) is 1. The third-order valence-electron chi connectivity index (χ3n) is 5.96. The number of hydrogen-bond donors (Lipinski definition) is 2. The zero-order valence-corrected chi connectivity index (χ0v) is 13.1. The molecular weight excluding hydrogens is 262 g/mol. The molecule has 1 aliphatic carbocycles. The third kappa shape index (κ3) is 2.09. The Morgan fingerprint density at radius 3 is 2.76 bits per heavy atom. The average molecular weight is 289 g/mol. The Morgan fingerprint density at radius 2 is 2.05 bits per heavy atom. The predicted molar refractivity (Wildman–Crippen MR) is 84.4 cm³/mol. The van der Waals surface area contributed by atoms with Gasteiger partial charge in [0.15, 0.2) is 0 Å². The maximum Gasteiger partial charge on any atom is 0.123 e. The van der Waals surface area contributed by atoms with Crippen molar-refractivity contribution < 1.29 is 9.84 Å². The standard InChI is InChI=1S/C18H27NO2/c1-13-7-8-18(20,14(2)11-13)17(12-19)9-10-21-16-6-4-3-5-15(16)17/h3-6,13-14,20H,7-12,19H2,1-2H3. The normalized spacial score (nSPS) is 39.4. The van der Waals surface area contributed by atoms with Gasteiger partial charge in [0, 0.05) is 17.5 Å². The van der Waals surface area contributed by atoms with Crippen LogP contribution in [0, 0.1) is 11.8 Å². The van der Waals surface area contributed by atoms with E-state index in [0.29, 0.717) is 19.1 Å². The van der Waals surface area contributed by atoms with Gasteiger partial charge in [0.05, 0.1) is 12.2 Å². The Bertz CT molecular complexity index is 518. The monoisotopic (exact) mass is 289 g/mol. The highest BCUT2D eigenvalue weighted by Gasteiger charge is 2.56. The lowest BCUT2D eigenvalue weighted by Crippen LogP contribution is -2.62. The van der Waals surface area contributed by atoms with Crippen molar-refractivity contribution >= 4 is 0 Å². The molecular formula is C18H27NO2. The molecule has 3 heteroatoms. The lowest BCUT2D eigenvalue weighted by molar-refractivity contribution is -0.122. The van der Waals surface area contributed by atoms with Gasteiger partial charge in [-0.15, -0.1) is 0 Å². The van der Waals surface area contributed by atoms with Gasteiger partial charge in [-0.3, -0.25) is 0 Å². The number of benzene rings is 1. The molecule has 1 saturated carbocycles. The summed E-state index contributed by atoms with van der Waals surface area (Å²) in [7, 11) is 0. The van der Waals surface area contributed by atoms with E-state index in [1.165, 1.54) is 0 Å². The van der Waals surface area contributed by atoms with E-state index in [-0.39, 0.29) is 11.3 Å². The molecule has 1 heterocycles. The summed E-state index contributed by atoms with van der Waals surface area (Å²) in [5.41, 5.74) is 6.25. The Morgan fingerprint density at radius 1 is 1.29 bits per heavy atom. The van der Waals surface area contributed by atoms with Crippen LogP contribution in [-0.4, -0.2) is 23.9 Å². The van der Waals surface area contributed by atoms with Gasteiger partial charge in [0.25, 0.3) is 0 Å². The minimum absolute atomic E-state index is 0.260. The summed E-state index contributed by atoms with van der Waals surface area (Å²) in [6.45, 7) is 5.58. The lowest BCUT2D eigenvalue weighted by atomic mass is 9.55. The molecule has 0 radical (unpaired) electrons. The fourth-order valence-corrected chi connectivity index (χ4v) is 4.64. The van der Waals surface area contributed by atoms with Crippen LogP contribution in [0.3, 0.4) is 0 Å². The number of aliphatic hydroxyl groups is 1. The Hall–Kier alpha value is -1.06. The van der Waals surface area contributed by atoms with Crippen LogP contribution in [0.4, 0.5) is 0 Å². The molecule has 3 nitrogen and oxygen atoms in total. The highest BCUT2D eigenvalue weighted by molar-refractivity contribution is 5.44. The van der Waals surface area contributed by atoms with Crippen LogP contribution >= 0.6 is 0 Å². The molecule has 1 aromatic carbocycles. The summed E-state index contributed by atoms with van der Waals surface area (Å²) >= 11 is 0. The van der Waals surface area contributed by atoms with Gasteiger partial charge < -0.3 is 15.6 Å². The molecule has 0 saturated heterocycles. The van der Waals surface area contributed by atoms with Crippen molar-refractivity contribution in [2.24, 2.45) is 17.6 Å². The first-order valence-electron chi connectivity index (χ1n) is 8.18. The van der Waals surface area contributed by atoms with Crippen molar-refractivity contribution in [3.05, 3.63) is 29.8 Å². The van der Waals surface area contributed by atoms with Gasteiger partial charge in [-0.2, -0.15) is 0 Å². The zero-order chi connectivity index (χ0) is 15.1. The Labute approximate surface area is 127 Å². The highest BCUT2D eigenvalue weighted by atomic mass is 16.5. The molecule has 2 aliphatic rings. The minimum atomic E-state index is -0.728. The highest BCUT2D eigenvalue weighted by Crippen LogP contribution is 2.53. The number of fused-ring (bicyclic) bond motifs is 1. The van der Waals surface area contributed by atoms with E-state index >= 15 is 0 Å². The van der Waals surface area contributed by atoms with Crippen molar-refractivity contribution in [2.75, 3.05) is 13.2 Å². The van der Waals surface area contributed by atoms with E-state index in [1.807, 2.05) is 18.2 Å². The zero-order valence-electron chi connectivity index (χ0n) is 13.1. The van der Waals surface area contributed by atoms with E-state index in [0.717, 1.165) is 37.0 Å². The molecule has 0 spiro atoms. The quantitative estimate of drug-likeness (QED) is 0.880. The number of hydrogen-bond acceptors (Lipinski definition) is 3. The van der Waals surface area contributed by atoms with Crippen LogP contribution in [0.15, 0.2) is 24.3 Å². The van der Waals surface area contributed by atoms with Crippen LogP contribution in [-0.2, 0) is 5.41 Å². The first kappa shape index (κ1) is 14.9. The number of ether oxygens (including phenoxy) is 1. The van der Waals surface area contributed by atoms with Crippen LogP contribution in [0.2, 0.25) is 0 Å². The van der Waals surface area contributed by atoms with Gasteiger partial charge in [-0.1, -0.05) is 32.0 Å². The first-order chi connectivity index (χ1) is 10.0. The van der Waals surface area contributed by atoms with Crippen molar-refractivity contribution in [2.45, 2.75) is 50.5 Å². The molecule has 3 N–H and O–H groups in total. The second-order valence-electron chi connectivity index (χ2n) is 7.09. The third-order valence-corrected chi connectivity index (χ3v) is 5.96. The smallest absolute Gasteiger partial charge is 0.123 e.